The van der Waals surface area contributed by atoms with E-state index in [0.717, 1.165) is 91.4 Å². The molecule has 0 bridgehead atoms. The third-order valence-corrected chi connectivity index (χ3v) is 24.8. The highest BCUT2D eigenvalue weighted by molar-refractivity contribution is 7.91. The molecule has 8 amide bonds. The Morgan fingerprint density at radius 2 is 0.966 bits per heavy atom. The summed E-state index contributed by atoms with van der Waals surface area (Å²) in [5.41, 5.74) is -0.803. The van der Waals surface area contributed by atoms with Gasteiger partial charge in [0.2, 0.25) is 15.9 Å². The van der Waals surface area contributed by atoms with Crippen molar-refractivity contribution in [2.75, 3.05) is 203 Å². The highest BCUT2D eigenvalue weighted by atomic mass is 32.2. The van der Waals surface area contributed by atoms with E-state index in [-0.39, 0.29) is 122 Å². The molecule has 12 aliphatic heterocycles. The SMILES string of the molecule is CC(C)N1CCC(O)C1=O.CC(C)N1CCCS1(=O)=O.CC(C)N1CCN(C)C(=O)C1.CC(C)N1CCN(CC(C)(C)O)C1=O.CC(C)N1CCN(CCN(C)C)C1=O.CC(C)N1CCN(CCO)C1=O.CC(C)N1CCS(=O)(=O)CC1.CC(C)OC1COC2C(O)COC12.CCC.COC1COC2C(OC(C)C)COC12.OC1CCNC1. The number of hydrogen-bond acceptors (Lipinski definition) is 25. The summed E-state index contributed by atoms with van der Waals surface area (Å²) in [6.07, 6.45) is 2.67. The maximum atomic E-state index is 11.8. The molecule has 36 heteroatoms. The Morgan fingerprint density at radius 3 is 1.31 bits per heavy atom. The largest absolute Gasteiger partial charge is 0.395 e. The van der Waals surface area contributed by atoms with Gasteiger partial charge in [-0.1, -0.05) is 20.3 Å². The predicted octanol–water partition coefficient (Wildman–Crippen LogP) is 3.72. The van der Waals surface area contributed by atoms with Crippen molar-refractivity contribution >= 4 is 49.8 Å². The Morgan fingerprint density at radius 1 is 0.525 bits per heavy atom. The maximum Gasteiger partial charge on any atom is 0.320 e. The lowest BCUT2D eigenvalue weighted by Gasteiger charge is -2.34. The van der Waals surface area contributed by atoms with Gasteiger partial charge in [0, 0.05) is 161 Å². The number of nitrogens with one attached hydrogen (secondary N) is 1. The Balaban J connectivity index is 0.000000445. The fraction of sp³-hybridized carbons (Fsp3) is 0.939. The number of aliphatic hydroxyl groups excluding tert-OH is 4. The smallest absolute Gasteiger partial charge is 0.320 e. The zero-order chi connectivity index (χ0) is 89.9. The van der Waals surface area contributed by atoms with Crippen LogP contribution in [0.2, 0.25) is 0 Å². The maximum absolute atomic E-state index is 11.8. The number of nitrogens with zero attached hydrogens (tertiary/aromatic N) is 12. The second-order valence-electron chi connectivity index (χ2n) is 35.2. The number of ether oxygens (including phenoxy) is 7. The number of likely N-dealkylation sites (tertiary alicyclic amines) is 1. The average Bonchev–Trinajstić information content (AvgIpc) is 1.66. The molecule has 0 spiro atoms. The van der Waals surface area contributed by atoms with Crippen LogP contribution in [0, 0.1) is 0 Å². The Hall–Kier alpha value is -4.03. The van der Waals surface area contributed by atoms with Gasteiger partial charge in [-0.15, -0.1) is 0 Å². The van der Waals surface area contributed by atoms with Gasteiger partial charge < -0.3 is 108 Å². The number of sulfonamides is 1. The van der Waals surface area contributed by atoms with Gasteiger partial charge in [0.05, 0.1) is 87.3 Å². The summed E-state index contributed by atoms with van der Waals surface area (Å²) in [5.74, 6) is 1.14. The summed E-state index contributed by atoms with van der Waals surface area (Å²) in [6, 6.07) is 2.46. The summed E-state index contributed by atoms with van der Waals surface area (Å²) >= 11 is 0. The molecule has 12 saturated heterocycles. The van der Waals surface area contributed by atoms with Crippen molar-refractivity contribution in [2.45, 2.75) is 299 Å². The van der Waals surface area contributed by atoms with E-state index in [9.17, 15) is 51.0 Å². The first-order valence-corrected chi connectivity index (χ1v) is 46.8. The van der Waals surface area contributed by atoms with E-state index in [1.54, 1.807) is 44.9 Å². The molecule has 12 fully saturated rings. The van der Waals surface area contributed by atoms with E-state index in [2.05, 4.69) is 75.4 Å². The van der Waals surface area contributed by atoms with E-state index in [1.807, 2.05) is 124 Å². The lowest BCUT2D eigenvalue weighted by atomic mass is 10.1. The zero-order valence-electron chi connectivity index (χ0n) is 77.3. The summed E-state index contributed by atoms with van der Waals surface area (Å²) < 4.78 is 84.4. The third-order valence-electron chi connectivity index (χ3n) is 21.1. The first kappa shape index (κ1) is 110. The molecule has 0 aromatic rings. The number of aliphatic hydroxyl groups is 5. The number of likely N-dealkylation sites (N-methyl/N-ethyl adjacent to an activating group) is 2. The van der Waals surface area contributed by atoms with Crippen LogP contribution in [0.5, 0.6) is 0 Å². The molecule has 0 aromatic heterocycles. The van der Waals surface area contributed by atoms with Crippen LogP contribution in [-0.2, 0) is 62.6 Å². The molecule has 0 saturated carbocycles. The molecule has 10 atom stereocenters. The monoisotopic (exact) mass is 1730 g/mol. The minimum absolute atomic E-state index is 0.0119. The van der Waals surface area contributed by atoms with Gasteiger partial charge in [0.15, 0.2) is 9.84 Å². The topological polar surface area (TPSA) is 370 Å². The predicted molar refractivity (Wildman–Crippen MR) is 461 cm³/mol. The van der Waals surface area contributed by atoms with Crippen molar-refractivity contribution < 1.29 is 99.5 Å². The quantitative estimate of drug-likeness (QED) is 0.107. The first-order chi connectivity index (χ1) is 55.0. The molecule has 696 valence electrons. The minimum Gasteiger partial charge on any atom is -0.395 e. The van der Waals surface area contributed by atoms with Crippen LogP contribution in [0.1, 0.15) is 178 Å². The van der Waals surface area contributed by atoms with E-state index < -0.39 is 37.7 Å². The van der Waals surface area contributed by atoms with Gasteiger partial charge in [-0.2, -0.15) is 4.31 Å². The molecule has 34 nitrogen and oxygen atoms in total. The Labute approximate surface area is 711 Å². The van der Waals surface area contributed by atoms with Gasteiger partial charge in [-0.3, -0.25) is 19.4 Å². The highest BCUT2D eigenvalue weighted by Gasteiger charge is 2.50. The second-order valence-corrected chi connectivity index (χ2v) is 39.6. The number of methoxy groups -OCH3 is 1. The number of carbonyl (C=O) groups excluding carboxylic acids is 5. The molecule has 6 N–H and O–H groups in total. The molecule has 0 radical (unpaired) electrons. The van der Waals surface area contributed by atoms with E-state index >= 15 is 0 Å². The molecular formula is C82H165N13O21S2. The van der Waals surface area contributed by atoms with Crippen molar-refractivity contribution in [3.63, 3.8) is 0 Å². The minimum atomic E-state index is -2.85. The fourth-order valence-corrected chi connectivity index (χ4v) is 17.3. The lowest BCUT2D eigenvalue weighted by molar-refractivity contribution is -0.136. The second kappa shape index (κ2) is 54.7. The Kier molecular flexibility index (Phi) is 51.0. The number of hydrogen-bond donors (Lipinski definition) is 6. The molecule has 12 rings (SSSR count). The molecule has 118 heavy (non-hydrogen) atoms. The highest BCUT2D eigenvalue weighted by Crippen LogP contribution is 2.32. The normalized spacial score (nSPS) is 26.8. The van der Waals surface area contributed by atoms with Crippen LogP contribution in [-0.4, -0.2) is 455 Å². The third kappa shape index (κ3) is 39.0. The number of fused-ring (bicyclic) bond motifs is 2. The molecule has 10 unspecified atom stereocenters. The van der Waals surface area contributed by atoms with Crippen LogP contribution in [0.25, 0.3) is 0 Å². The fourth-order valence-electron chi connectivity index (χ4n) is 14.3. The average molecular weight is 1730 g/mol. The summed E-state index contributed by atoms with van der Waals surface area (Å²) in [6.45, 7) is 60.7. The molecule has 0 aromatic carbocycles. The van der Waals surface area contributed by atoms with Crippen LogP contribution >= 0.6 is 0 Å². The van der Waals surface area contributed by atoms with Crippen molar-refractivity contribution in [1.82, 2.24) is 63.5 Å². The van der Waals surface area contributed by atoms with E-state index in [0.29, 0.717) is 114 Å². The van der Waals surface area contributed by atoms with Gasteiger partial charge in [0.1, 0.15) is 54.9 Å². The number of urea groups is 3. The number of β-amino-alcohol motifs (C(OH)–C–C–N with tert-alkyl or cyclic N) is 3. The number of amides is 8. The van der Waals surface area contributed by atoms with Crippen molar-refractivity contribution in [1.29, 1.82) is 0 Å². The standard InChI is InChI=1S/C10H21N3O.C10H20N2O2.C10H18O4.C9H16O4.C8H16N2O2.C8H16N2O.C7H15NO2S.C7H13NO2.C6H13NO2S.C4H9NO.C3H8/c1-9(2)13-8-7-12(10(13)14)6-5-11(3)4;1-8(2)12-6-5-11(9(12)13)7-10(3,4)14;1-6(2)14-8-5-13-9-7(11-3)4-12-10(8)9;1-5(2)13-7-4-12-8-6(10)3-11-9(7)8;1-7(2)10-4-3-9(5-6-11)8(10)12;1-7(2)10-5-4-9(3)8(11)6-10;1-7(2)8-3-5-11(9,10)6-4-8;1-5(2)8-4-3-6(9)7(8)10;1-6(2)7-4-3-5-10(7,8)9;6-4-1-2-5-3-4;1-3-2/h9H,5-8H2,1-4H3;8,14H,5-7H2,1-4H3;6-10H,4-5H2,1-3H3;5-10H,3-4H2,1-2H3;7,11H,3-6H2,1-2H3;7H,4-6H2,1-3H3;7H,3-6H2,1-2H3;5-6,9H,3-4H2,1-2H3;6H,3-5H2,1-2H3;4-6H,1-3H2;3H2,1-2H3. The van der Waals surface area contributed by atoms with Gasteiger partial charge in [-0.25, -0.2) is 31.2 Å². The number of carbonyl (C=O) groups is 5. The van der Waals surface area contributed by atoms with Crippen molar-refractivity contribution in [3.05, 3.63) is 0 Å². The van der Waals surface area contributed by atoms with Crippen molar-refractivity contribution in [3.8, 4) is 0 Å². The van der Waals surface area contributed by atoms with Crippen LogP contribution in [0.4, 0.5) is 14.4 Å². The number of sulfone groups is 1. The molecule has 0 aliphatic carbocycles. The van der Waals surface area contributed by atoms with E-state index in [4.69, 9.17) is 48.5 Å². The van der Waals surface area contributed by atoms with Crippen LogP contribution < -0.4 is 5.32 Å². The summed E-state index contributed by atoms with van der Waals surface area (Å²) in [5, 5.41) is 48.4. The molecular weight excluding hydrogens is 1570 g/mol. The van der Waals surface area contributed by atoms with Gasteiger partial charge in [-0.05, 0) is 178 Å². The number of piperazine rings is 1. The Bertz CT molecular complexity index is 3050. The van der Waals surface area contributed by atoms with E-state index in [1.165, 1.54) is 6.42 Å². The summed E-state index contributed by atoms with van der Waals surface area (Å²) in [4.78, 5) is 78.1. The molecule has 12 aliphatic rings. The van der Waals surface area contributed by atoms with Gasteiger partial charge >= 0.3 is 18.1 Å². The van der Waals surface area contributed by atoms with Crippen LogP contribution in [0.3, 0.4) is 0 Å². The zero-order valence-corrected chi connectivity index (χ0v) is 79.0. The number of rotatable bonds is 19. The lowest BCUT2D eigenvalue weighted by Crippen LogP contribution is -2.50. The summed E-state index contributed by atoms with van der Waals surface area (Å²) in [7, 11) is 2.07. The van der Waals surface area contributed by atoms with Crippen LogP contribution in [0.15, 0.2) is 0 Å². The van der Waals surface area contributed by atoms with Gasteiger partial charge in [0.25, 0.3) is 5.91 Å². The first-order valence-electron chi connectivity index (χ1n) is 43.4. The van der Waals surface area contributed by atoms with Crippen molar-refractivity contribution in [2.24, 2.45) is 0 Å². The molecule has 12 heterocycles.